The number of hydrogen-bond donors (Lipinski definition) is 3. The summed E-state index contributed by atoms with van der Waals surface area (Å²) in [6, 6.07) is 8.16. The molecule has 0 radical (unpaired) electrons. The summed E-state index contributed by atoms with van der Waals surface area (Å²) in [5, 5.41) is 3.15. The van der Waals surface area contributed by atoms with E-state index in [1.165, 1.54) is 13.2 Å². The van der Waals surface area contributed by atoms with Crippen molar-refractivity contribution in [2.45, 2.75) is 26.1 Å². The fourth-order valence-electron chi connectivity index (χ4n) is 5.23. The summed E-state index contributed by atoms with van der Waals surface area (Å²) in [7, 11) is 1.37. The molecule has 0 bridgehead atoms. The van der Waals surface area contributed by atoms with Gasteiger partial charge in [0.15, 0.2) is 29.3 Å². The SMILES string of the molecule is COc1ccc(-c2cnc3c(Nc4ccc(C(=O)N5CCN(C[C@@H](C)N)C(OC(=O)C(N)=O)C5)c(C)c4)nccn23)c(Cl)c1F. The number of piperazine rings is 1. The van der Waals surface area contributed by atoms with Crippen LogP contribution >= 0.6 is 11.6 Å². The number of fused-ring (bicyclic) bond motifs is 1. The lowest BCUT2D eigenvalue weighted by molar-refractivity contribution is -0.169. The first-order valence-corrected chi connectivity index (χ1v) is 14.4. The van der Waals surface area contributed by atoms with Crippen molar-refractivity contribution in [3.05, 3.63) is 70.9 Å². The van der Waals surface area contributed by atoms with Crippen LogP contribution in [0.5, 0.6) is 5.75 Å². The van der Waals surface area contributed by atoms with Crippen molar-refractivity contribution in [3.63, 3.8) is 0 Å². The molecule has 5 rings (SSSR count). The number of methoxy groups -OCH3 is 1. The van der Waals surface area contributed by atoms with Gasteiger partial charge in [-0.1, -0.05) is 11.6 Å². The highest BCUT2D eigenvalue weighted by Crippen LogP contribution is 2.35. The Labute approximate surface area is 262 Å². The van der Waals surface area contributed by atoms with Crippen LogP contribution in [0.2, 0.25) is 5.02 Å². The molecule has 0 saturated carbocycles. The number of nitrogens with two attached hydrogens (primary N) is 2. The summed E-state index contributed by atoms with van der Waals surface area (Å²) < 4.78 is 26.7. The quantitative estimate of drug-likeness (QED) is 0.193. The number of primary amides is 1. The van der Waals surface area contributed by atoms with Crippen LogP contribution in [0.1, 0.15) is 22.8 Å². The highest BCUT2D eigenvalue weighted by Gasteiger charge is 2.34. The van der Waals surface area contributed by atoms with E-state index < -0.39 is 23.9 Å². The zero-order valence-corrected chi connectivity index (χ0v) is 25.5. The minimum atomic E-state index is -1.21. The number of anilines is 2. The molecule has 2 aromatic heterocycles. The van der Waals surface area contributed by atoms with Gasteiger partial charge < -0.3 is 31.2 Å². The third kappa shape index (κ3) is 6.53. The first-order chi connectivity index (χ1) is 21.5. The topological polar surface area (TPSA) is 170 Å². The van der Waals surface area contributed by atoms with Gasteiger partial charge >= 0.3 is 11.9 Å². The lowest BCUT2D eigenvalue weighted by Gasteiger charge is -2.41. The molecular weight excluding hydrogens is 607 g/mol. The van der Waals surface area contributed by atoms with E-state index in [2.05, 4.69) is 15.3 Å². The Kier molecular flexibility index (Phi) is 9.18. The van der Waals surface area contributed by atoms with Gasteiger partial charge in [0.2, 0.25) is 0 Å². The van der Waals surface area contributed by atoms with Gasteiger partial charge in [0, 0.05) is 54.9 Å². The number of nitrogens with zero attached hydrogens (tertiary/aromatic N) is 5. The summed E-state index contributed by atoms with van der Waals surface area (Å²) in [5.41, 5.74) is 14.3. The Balaban J connectivity index is 1.35. The molecule has 2 aromatic carbocycles. The second-order valence-corrected chi connectivity index (χ2v) is 11.0. The van der Waals surface area contributed by atoms with Crippen molar-refractivity contribution < 1.29 is 28.2 Å². The molecule has 4 aromatic rings. The van der Waals surface area contributed by atoms with E-state index >= 15 is 0 Å². The van der Waals surface area contributed by atoms with E-state index in [0.717, 1.165) is 0 Å². The van der Waals surface area contributed by atoms with Crippen molar-refractivity contribution >= 4 is 46.5 Å². The van der Waals surface area contributed by atoms with Crippen molar-refractivity contribution in [1.29, 1.82) is 0 Å². The van der Waals surface area contributed by atoms with Crippen LogP contribution in [-0.4, -0.2) is 87.5 Å². The molecule has 45 heavy (non-hydrogen) atoms. The number of amides is 2. The molecular formula is C30H32ClFN8O5. The Morgan fingerprint density at radius 1 is 1.20 bits per heavy atom. The fourth-order valence-corrected chi connectivity index (χ4v) is 5.48. The average Bonchev–Trinajstić information content (AvgIpc) is 3.44. The Bertz CT molecular complexity index is 1780. The summed E-state index contributed by atoms with van der Waals surface area (Å²) in [6.45, 7) is 4.81. The number of nitrogens with one attached hydrogen (secondary N) is 1. The second-order valence-electron chi connectivity index (χ2n) is 10.7. The lowest BCUT2D eigenvalue weighted by Crippen LogP contribution is -2.58. The monoisotopic (exact) mass is 638 g/mol. The highest BCUT2D eigenvalue weighted by atomic mass is 35.5. The van der Waals surface area contributed by atoms with Crippen molar-refractivity contribution in [1.82, 2.24) is 24.2 Å². The molecule has 236 valence electrons. The maximum atomic E-state index is 14.6. The molecule has 15 heteroatoms. The molecule has 13 nitrogen and oxygen atoms in total. The van der Waals surface area contributed by atoms with Crippen LogP contribution in [0.3, 0.4) is 0 Å². The van der Waals surface area contributed by atoms with E-state index in [1.54, 1.807) is 59.1 Å². The van der Waals surface area contributed by atoms with Gasteiger partial charge in [0.1, 0.15) is 0 Å². The molecule has 0 aliphatic carbocycles. The van der Waals surface area contributed by atoms with Gasteiger partial charge in [-0.15, -0.1) is 0 Å². The zero-order valence-electron chi connectivity index (χ0n) is 24.8. The number of carbonyl (C=O) groups excluding carboxylic acids is 3. The second kappa shape index (κ2) is 13.1. The van der Waals surface area contributed by atoms with Crippen LogP contribution in [0.25, 0.3) is 16.9 Å². The normalized spacial score (nSPS) is 16.0. The third-order valence-corrected chi connectivity index (χ3v) is 7.75. The molecule has 1 fully saturated rings. The van der Waals surface area contributed by atoms with E-state index in [9.17, 15) is 18.8 Å². The summed E-state index contributed by atoms with van der Waals surface area (Å²) in [6.07, 6.45) is 3.97. The maximum Gasteiger partial charge on any atom is 0.398 e. The Morgan fingerprint density at radius 3 is 2.67 bits per heavy atom. The van der Waals surface area contributed by atoms with Gasteiger partial charge in [-0.3, -0.25) is 18.9 Å². The molecule has 1 aliphatic heterocycles. The maximum absolute atomic E-state index is 14.6. The van der Waals surface area contributed by atoms with E-state index in [4.69, 9.17) is 32.5 Å². The van der Waals surface area contributed by atoms with E-state index in [-0.39, 0.29) is 29.3 Å². The molecule has 2 amide bonds. The minimum absolute atomic E-state index is 0.0358. The van der Waals surface area contributed by atoms with Gasteiger partial charge in [0.25, 0.3) is 5.91 Å². The first-order valence-electron chi connectivity index (χ1n) is 14.0. The predicted molar refractivity (Wildman–Crippen MR) is 165 cm³/mol. The van der Waals surface area contributed by atoms with Crippen LogP contribution in [-0.2, 0) is 14.3 Å². The van der Waals surface area contributed by atoms with Crippen molar-refractivity contribution in [2.24, 2.45) is 11.5 Å². The molecule has 0 spiro atoms. The number of aromatic nitrogens is 3. The average molecular weight is 639 g/mol. The van der Waals surface area contributed by atoms with Crippen LogP contribution in [0.4, 0.5) is 15.9 Å². The fraction of sp³-hybridized carbons (Fsp3) is 0.300. The smallest absolute Gasteiger partial charge is 0.398 e. The van der Waals surface area contributed by atoms with Crippen molar-refractivity contribution in [3.8, 4) is 17.0 Å². The number of carbonyl (C=O) groups is 3. The molecule has 2 atom stereocenters. The Morgan fingerprint density at radius 2 is 1.98 bits per heavy atom. The number of halogens is 2. The molecule has 5 N–H and O–H groups in total. The number of ether oxygens (including phenoxy) is 2. The van der Waals surface area contributed by atoms with Crippen LogP contribution in [0.15, 0.2) is 48.9 Å². The molecule has 1 saturated heterocycles. The van der Waals surface area contributed by atoms with Gasteiger partial charge in [-0.05, 0) is 49.7 Å². The summed E-state index contributed by atoms with van der Waals surface area (Å²) >= 11 is 6.32. The first kappa shape index (κ1) is 31.6. The number of esters is 1. The standard InChI is InChI=1S/C30H32ClFN8O5/c1-16-12-18(4-5-19(16)29(42)39-11-10-38(14-17(2)33)23(15-39)45-30(43)26(34)41)37-27-28-36-13-21(40(28)9-8-35-27)20-6-7-22(44-3)25(32)24(20)31/h4-9,12-13,17,23H,10-11,14-15,33H2,1-3H3,(H2,34,41)(H,35,37)/t17-,23?/m1/s1. The Hall–Kier alpha value is -4.79. The molecule has 1 aliphatic rings. The molecule has 3 heterocycles. The highest BCUT2D eigenvalue weighted by molar-refractivity contribution is 6.33. The van der Waals surface area contributed by atoms with E-state index in [1.807, 2.05) is 11.8 Å². The number of rotatable bonds is 8. The zero-order chi connectivity index (χ0) is 32.4. The van der Waals surface area contributed by atoms with Gasteiger partial charge in [-0.25, -0.2) is 19.2 Å². The van der Waals surface area contributed by atoms with Crippen LogP contribution in [0, 0.1) is 12.7 Å². The number of aryl methyl sites for hydroxylation is 1. The number of benzene rings is 2. The third-order valence-electron chi connectivity index (χ3n) is 7.39. The summed E-state index contributed by atoms with van der Waals surface area (Å²) in [5.74, 6) is -2.86. The largest absolute Gasteiger partial charge is 0.494 e. The van der Waals surface area contributed by atoms with Crippen molar-refractivity contribution in [2.75, 3.05) is 38.6 Å². The lowest BCUT2D eigenvalue weighted by atomic mass is 10.1. The molecule has 1 unspecified atom stereocenters. The summed E-state index contributed by atoms with van der Waals surface area (Å²) in [4.78, 5) is 49.1. The van der Waals surface area contributed by atoms with Gasteiger partial charge in [-0.2, -0.15) is 0 Å². The number of imidazole rings is 1. The minimum Gasteiger partial charge on any atom is -0.494 e. The number of hydrogen-bond acceptors (Lipinski definition) is 10. The van der Waals surface area contributed by atoms with E-state index in [0.29, 0.717) is 59.2 Å². The van der Waals surface area contributed by atoms with Gasteiger partial charge in [0.05, 0.1) is 30.6 Å². The predicted octanol–water partition coefficient (Wildman–Crippen LogP) is 2.71. The van der Waals surface area contributed by atoms with Crippen LogP contribution < -0.4 is 21.5 Å².